The number of hydrogen-bond acceptors (Lipinski definition) is 4. The SMILES string of the molecule is Nc1ccccc1OCCn1c(=O)[nH][nH]c1=O. The second-order valence-electron chi connectivity index (χ2n) is 3.40. The molecule has 0 amide bonds. The molecule has 0 spiro atoms. The highest BCUT2D eigenvalue weighted by Crippen LogP contribution is 2.19. The summed E-state index contributed by atoms with van der Waals surface area (Å²) in [7, 11) is 0. The van der Waals surface area contributed by atoms with Crippen LogP contribution in [0.2, 0.25) is 0 Å². The van der Waals surface area contributed by atoms with Crippen molar-refractivity contribution < 1.29 is 4.74 Å². The Kier molecular flexibility index (Phi) is 2.99. The average Bonchev–Trinajstić information content (AvgIpc) is 2.63. The third kappa shape index (κ3) is 2.39. The first-order chi connectivity index (χ1) is 8.18. The number of ether oxygens (including phenoxy) is 1. The highest BCUT2D eigenvalue weighted by Gasteiger charge is 2.03. The summed E-state index contributed by atoms with van der Waals surface area (Å²) in [4.78, 5) is 22.3. The summed E-state index contributed by atoms with van der Waals surface area (Å²) in [5.41, 5.74) is 5.22. The van der Waals surface area contributed by atoms with Gasteiger partial charge in [0.1, 0.15) is 12.4 Å². The van der Waals surface area contributed by atoms with Crippen molar-refractivity contribution in [2.24, 2.45) is 0 Å². The number of nitrogen functional groups attached to an aromatic ring is 1. The van der Waals surface area contributed by atoms with Crippen LogP contribution in [-0.4, -0.2) is 21.4 Å². The van der Waals surface area contributed by atoms with Gasteiger partial charge in [-0.25, -0.2) is 24.4 Å². The Morgan fingerprint density at radius 3 is 2.47 bits per heavy atom. The van der Waals surface area contributed by atoms with Gasteiger partial charge in [-0.2, -0.15) is 0 Å². The third-order valence-corrected chi connectivity index (χ3v) is 2.26. The maximum atomic E-state index is 11.1. The van der Waals surface area contributed by atoms with Crippen LogP contribution in [0.5, 0.6) is 5.75 Å². The predicted molar refractivity (Wildman–Crippen MR) is 62.0 cm³/mol. The number of hydrogen-bond donors (Lipinski definition) is 3. The lowest BCUT2D eigenvalue weighted by atomic mass is 10.3. The molecule has 2 rings (SSSR count). The summed E-state index contributed by atoms with van der Waals surface area (Å²) in [5, 5.41) is 4.37. The largest absolute Gasteiger partial charge is 0.490 e. The van der Waals surface area contributed by atoms with E-state index in [1.807, 2.05) is 0 Å². The van der Waals surface area contributed by atoms with Gasteiger partial charge in [0.2, 0.25) is 0 Å². The monoisotopic (exact) mass is 236 g/mol. The van der Waals surface area contributed by atoms with E-state index in [4.69, 9.17) is 10.5 Å². The molecule has 1 aromatic carbocycles. The van der Waals surface area contributed by atoms with Gasteiger partial charge in [-0.05, 0) is 12.1 Å². The van der Waals surface area contributed by atoms with Crippen molar-refractivity contribution in [1.82, 2.24) is 14.8 Å². The molecule has 0 unspecified atom stereocenters. The summed E-state index contributed by atoms with van der Waals surface area (Å²) in [6.45, 7) is 0.348. The highest BCUT2D eigenvalue weighted by atomic mass is 16.5. The minimum Gasteiger partial charge on any atom is -0.490 e. The van der Waals surface area contributed by atoms with Gasteiger partial charge in [0.15, 0.2) is 0 Å². The topological polar surface area (TPSA) is 106 Å². The molecule has 0 bridgehead atoms. The number of benzene rings is 1. The van der Waals surface area contributed by atoms with Gasteiger partial charge < -0.3 is 10.5 Å². The maximum absolute atomic E-state index is 11.1. The molecule has 0 aliphatic rings. The molecule has 4 N–H and O–H groups in total. The maximum Gasteiger partial charge on any atom is 0.344 e. The van der Waals surface area contributed by atoms with Crippen LogP contribution in [0, 0.1) is 0 Å². The number of para-hydroxylation sites is 2. The van der Waals surface area contributed by atoms with E-state index >= 15 is 0 Å². The van der Waals surface area contributed by atoms with E-state index in [1.165, 1.54) is 0 Å². The van der Waals surface area contributed by atoms with E-state index in [9.17, 15) is 9.59 Å². The fourth-order valence-corrected chi connectivity index (χ4v) is 1.40. The molecule has 0 fully saturated rings. The number of aromatic nitrogens is 3. The normalized spacial score (nSPS) is 10.4. The zero-order valence-corrected chi connectivity index (χ0v) is 8.97. The van der Waals surface area contributed by atoms with Gasteiger partial charge in [0.05, 0.1) is 12.2 Å². The van der Waals surface area contributed by atoms with Gasteiger partial charge >= 0.3 is 11.4 Å². The van der Waals surface area contributed by atoms with E-state index < -0.39 is 11.4 Å². The number of aromatic amines is 2. The van der Waals surface area contributed by atoms with Gasteiger partial charge in [-0.3, -0.25) is 0 Å². The number of nitrogens with two attached hydrogens (primary N) is 1. The second-order valence-corrected chi connectivity index (χ2v) is 3.40. The Hall–Kier alpha value is -2.44. The van der Waals surface area contributed by atoms with Gasteiger partial charge in [0, 0.05) is 0 Å². The first-order valence-corrected chi connectivity index (χ1v) is 5.03. The Bertz CT molecular complexity index is 583. The van der Waals surface area contributed by atoms with E-state index in [1.54, 1.807) is 24.3 Å². The Balaban J connectivity index is 1.99. The predicted octanol–water partition coefficient (Wildman–Crippen LogP) is -0.474. The molecule has 1 aromatic heterocycles. The number of nitrogens with one attached hydrogen (secondary N) is 2. The van der Waals surface area contributed by atoms with Crippen molar-refractivity contribution >= 4 is 5.69 Å². The summed E-state index contributed by atoms with van der Waals surface area (Å²) < 4.78 is 6.38. The van der Waals surface area contributed by atoms with Crippen molar-refractivity contribution in [1.29, 1.82) is 0 Å². The Morgan fingerprint density at radius 2 is 1.82 bits per heavy atom. The molecular weight excluding hydrogens is 224 g/mol. The molecule has 0 aliphatic carbocycles. The Morgan fingerprint density at radius 1 is 1.18 bits per heavy atom. The molecule has 0 radical (unpaired) electrons. The standard InChI is InChI=1S/C10H12N4O3/c11-7-3-1-2-4-8(7)17-6-5-14-9(15)12-13-10(14)16/h1-4H,5-6,11H2,(H,12,15)(H,13,16). The van der Waals surface area contributed by atoms with Crippen molar-refractivity contribution in [2.45, 2.75) is 6.54 Å². The van der Waals surface area contributed by atoms with Crippen molar-refractivity contribution in [3.63, 3.8) is 0 Å². The average molecular weight is 236 g/mol. The fraction of sp³-hybridized carbons (Fsp3) is 0.200. The molecule has 7 nitrogen and oxygen atoms in total. The van der Waals surface area contributed by atoms with Gasteiger partial charge in [-0.1, -0.05) is 12.1 Å². The zero-order chi connectivity index (χ0) is 12.3. The molecule has 17 heavy (non-hydrogen) atoms. The number of anilines is 1. The lowest BCUT2D eigenvalue weighted by molar-refractivity contribution is 0.296. The van der Waals surface area contributed by atoms with Crippen LogP contribution >= 0.6 is 0 Å². The molecule has 0 saturated heterocycles. The van der Waals surface area contributed by atoms with Crippen LogP contribution < -0.4 is 21.9 Å². The van der Waals surface area contributed by atoms with Crippen molar-refractivity contribution in [2.75, 3.05) is 12.3 Å². The quantitative estimate of drug-likeness (QED) is 0.623. The number of H-pyrrole nitrogens is 2. The van der Waals surface area contributed by atoms with Gasteiger partial charge in [0.25, 0.3) is 0 Å². The molecule has 0 atom stereocenters. The fourth-order valence-electron chi connectivity index (χ4n) is 1.40. The molecule has 7 heteroatoms. The van der Waals surface area contributed by atoms with Crippen molar-refractivity contribution in [3.8, 4) is 5.75 Å². The number of rotatable bonds is 4. The van der Waals surface area contributed by atoms with Crippen LogP contribution in [-0.2, 0) is 6.54 Å². The van der Waals surface area contributed by atoms with Crippen molar-refractivity contribution in [3.05, 3.63) is 45.2 Å². The minimum atomic E-state index is -0.486. The Labute approximate surface area is 95.8 Å². The smallest absolute Gasteiger partial charge is 0.344 e. The van der Waals surface area contributed by atoms with E-state index in [2.05, 4.69) is 10.2 Å². The lowest BCUT2D eigenvalue weighted by Gasteiger charge is -2.07. The molecule has 1 heterocycles. The first-order valence-electron chi connectivity index (χ1n) is 5.03. The van der Waals surface area contributed by atoms with Crippen LogP contribution in [0.25, 0.3) is 0 Å². The summed E-state index contributed by atoms with van der Waals surface area (Å²) in [6.07, 6.45) is 0. The first kappa shape index (κ1) is 11.1. The van der Waals surface area contributed by atoms with Crippen LogP contribution in [0.3, 0.4) is 0 Å². The zero-order valence-electron chi connectivity index (χ0n) is 8.97. The summed E-state index contributed by atoms with van der Waals surface area (Å²) >= 11 is 0. The van der Waals surface area contributed by atoms with Gasteiger partial charge in [-0.15, -0.1) is 0 Å². The third-order valence-electron chi connectivity index (χ3n) is 2.26. The minimum absolute atomic E-state index is 0.159. The van der Waals surface area contributed by atoms with E-state index in [0.29, 0.717) is 11.4 Å². The summed E-state index contributed by atoms with van der Waals surface area (Å²) in [5.74, 6) is 0.535. The van der Waals surface area contributed by atoms with Crippen LogP contribution in [0.15, 0.2) is 33.9 Å². The highest BCUT2D eigenvalue weighted by molar-refractivity contribution is 5.51. The lowest BCUT2D eigenvalue weighted by Crippen LogP contribution is -2.29. The molecule has 90 valence electrons. The molecular formula is C10H12N4O3. The molecule has 0 saturated carbocycles. The number of nitrogens with zero attached hydrogens (tertiary/aromatic N) is 1. The van der Waals surface area contributed by atoms with E-state index in [-0.39, 0.29) is 13.2 Å². The second kappa shape index (κ2) is 4.60. The van der Waals surface area contributed by atoms with E-state index in [0.717, 1.165) is 4.57 Å². The summed E-state index contributed by atoms with van der Waals surface area (Å²) in [6, 6.07) is 7.02. The van der Waals surface area contributed by atoms with Crippen LogP contribution in [0.1, 0.15) is 0 Å². The van der Waals surface area contributed by atoms with Crippen LogP contribution in [0.4, 0.5) is 5.69 Å². The molecule has 2 aromatic rings. The molecule has 0 aliphatic heterocycles.